The molecule has 2 N–H and O–H groups in total. The van der Waals surface area contributed by atoms with Crippen LogP contribution in [0.25, 0.3) is 0 Å². The summed E-state index contributed by atoms with van der Waals surface area (Å²) < 4.78 is 5.74. The van der Waals surface area contributed by atoms with Gasteiger partial charge in [-0.2, -0.15) is 0 Å². The number of hydrogen-bond acceptors (Lipinski definition) is 4. The molecule has 1 saturated carbocycles. The first kappa shape index (κ1) is 19.9. The maximum Gasteiger partial charge on any atom is 0.317 e. The summed E-state index contributed by atoms with van der Waals surface area (Å²) in [5.74, 6) is -0.209. The van der Waals surface area contributed by atoms with Crippen molar-refractivity contribution in [3.63, 3.8) is 0 Å². The molecule has 3 rings (SSSR count). The first-order chi connectivity index (χ1) is 13.5. The Bertz CT molecular complexity index is 786. The minimum Gasteiger partial charge on any atom is -0.489 e. The van der Waals surface area contributed by atoms with Crippen molar-refractivity contribution in [2.75, 3.05) is 13.1 Å². The summed E-state index contributed by atoms with van der Waals surface area (Å²) in [6.45, 7) is 3.19. The van der Waals surface area contributed by atoms with Crippen LogP contribution >= 0.6 is 0 Å². The lowest BCUT2D eigenvalue weighted by Crippen LogP contribution is -2.54. The molecular formula is C22H26N2O4. The van der Waals surface area contributed by atoms with Crippen LogP contribution in [0.4, 0.5) is 0 Å². The molecule has 2 aromatic carbocycles. The van der Waals surface area contributed by atoms with Gasteiger partial charge in [0.2, 0.25) is 0 Å². The Morgan fingerprint density at radius 2 is 1.79 bits per heavy atom. The van der Waals surface area contributed by atoms with E-state index < -0.39 is 5.97 Å². The van der Waals surface area contributed by atoms with Crippen LogP contribution in [0.3, 0.4) is 0 Å². The van der Waals surface area contributed by atoms with Gasteiger partial charge in [0.05, 0.1) is 6.54 Å². The van der Waals surface area contributed by atoms with E-state index in [9.17, 15) is 9.59 Å². The third kappa shape index (κ3) is 5.33. The van der Waals surface area contributed by atoms with Gasteiger partial charge in [-0.05, 0) is 49.2 Å². The third-order valence-corrected chi connectivity index (χ3v) is 5.07. The van der Waals surface area contributed by atoms with Crippen molar-refractivity contribution in [3.8, 4) is 5.75 Å². The molecule has 0 radical (unpaired) electrons. The number of likely N-dealkylation sites (N-methyl/N-ethyl adjacent to an activating group) is 1. The van der Waals surface area contributed by atoms with Crippen LogP contribution in [0.5, 0.6) is 5.75 Å². The summed E-state index contributed by atoms with van der Waals surface area (Å²) >= 11 is 0. The molecule has 28 heavy (non-hydrogen) atoms. The molecule has 6 nitrogen and oxygen atoms in total. The fourth-order valence-electron chi connectivity index (χ4n) is 3.39. The molecule has 1 aliphatic carbocycles. The molecule has 2 aromatic rings. The highest BCUT2D eigenvalue weighted by Crippen LogP contribution is 2.26. The number of rotatable bonds is 9. The molecule has 0 saturated heterocycles. The molecule has 1 amide bonds. The fourth-order valence-corrected chi connectivity index (χ4v) is 3.39. The van der Waals surface area contributed by atoms with Crippen molar-refractivity contribution in [1.82, 2.24) is 10.2 Å². The summed E-state index contributed by atoms with van der Waals surface area (Å²) in [6.07, 6.45) is 1.57. The topological polar surface area (TPSA) is 78.9 Å². The van der Waals surface area contributed by atoms with Gasteiger partial charge in [-0.1, -0.05) is 37.3 Å². The van der Waals surface area contributed by atoms with E-state index in [0.717, 1.165) is 24.2 Å². The summed E-state index contributed by atoms with van der Waals surface area (Å²) in [6, 6.07) is 17.3. The van der Waals surface area contributed by atoms with Crippen molar-refractivity contribution in [2.24, 2.45) is 0 Å². The van der Waals surface area contributed by atoms with Crippen molar-refractivity contribution >= 4 is 11.9 Å². The molecule has 0 spiro atoms. The molecule has 6 heteroatoms. The van der Waals surface area contributed by atoms with Gasteiger partial charge in [-0.15, -0.1) is 0 Å². The van der Waals surface area contributed by atoms with Gasteiger partial charge in [0.1, 0.15) is 12.4 Å². The molecule has 0 unspecified atom stereocenters. The number of amides is 1. The Morgan fingerprint density at radius 1 is 1.11 bits per heavy atom. The zero-order chi connectivity index (χ0) is 19.9. The second-order valence-electron chi connectivity index (χ2n) is 7.05. The van der Waals surface area contributed by atoms with Crippen molar-refractivity contribution < 1.29 is 19.4 Å². The third-order valence-electron chi connectivity index (χ3n) is 5.07. The largest absolute Gasteiger partial charge is 0.489 e. The van der Waals surface area contributed by atoms with Gasteiger partial charge >= 0.3 is 5.97 Å². The van der Waals surface area contributed by atoms with Crippen molar-refractivity contribution in [3.05, 3.63) is 65.7 Å². The van der Waals surface area contributed by atoms with Gasteiger partial charge in [0.15, 0.2) is 0 Å². The Morgan fingerprint density at radius 3 is 2.39 bits per heavy atom. The van der Waals surface area contributed by atoms with E-state index in [1.165, 1.54) is 0 Å². The fraction of sp³-hybridized carbons (Fsp3) is 0.364. The summed E-state index contributed by atoms with van der Waals surface area (Å²) in [5.41, 5.74) is 1.68. The van der Waals surface area contributed by atoms with E-state index in [1.54, 1.807) is 24.3 Å². The van der Waals surface area contributed by atoms with Gasteiger partial charge < -0.3 is 15.2 Å². The van der Waals surface area contributed by atoms with Crippen LogP contribution < -0.4 is 10.1 Å². The lowest BCUT2D eigenvalue weighted by molar-refractivity contribution is -0.139. The van der Waals surface area contributed by atoms with E-state index in [-0.39, 0.29) is 24.5 Å². The molecule has 148 valence electrons. The maximum atomic E-state index is 12.4. The highest BCUT2D eigenvalue weighted by atomic mass is 16.5. The molecule has 0 aliphatic heterocycles. The molecule has 1 aliphatic rings. The predicted octanol–water partition coefficient (Wildman–Crippen LogP) is 2.93. The number of ether oxygens (including phenoxy) is 1. The summed E-state index contributed by atoms with van der Waals surface area (Å²) in [4.78, 5) is 25.2. The number of benzene rings is 2. The van der Waals surface area contributed by atoms with Crippen LogP contribution in [0.2, 0.25) is 0 Å². The van der Waals surface area contributed by atoms with Crippen LogP contribution in [0.1, 0.15) is 35.7 Å². The van der Waals surface area contributed by atoms with E-state index in [0.29, 0.717) is 18.7 Å². The number of nitrogens with zero attached hydrogens (tertiary/aromatic N) is 1. The molecule has 0 aromatic heterocycles. The monoisotopic (exact) mass is 382 g/mol. The van der Waals surface area contributed by atoms with Crippen LogP contribution in [-0.4, -0.2) is 47.1 Å². The van der Waals surface area contributed by atoms with Gasteiger partial charge in [0.25, 0.3) is 5.91 Å². The number of carbonyl (C=O) groups excluding carboxylic acids is 1. The Hall–Kier alpha value is -2.86. The first-order valence-electron chi connectivity index (χ1n) is 9.58. The number of carboxylic acids is 1. The van der Waals surface area contributed by atoms with Gasteiger partial charge in [-0.3, -0.25) is 14.5 Å². The number of aliphatic carboxylic acids is 1. The average Bonchev–Trinajstić information content (AvgIpc) is 2.68. The number of carbonyl (C=O) groups is 2. The second kappa shape index (κ2) is 9.37. The average molecular weight is 382 g/mol. The van der Waals surface area contributed by atoms with Crippen LogP contribution in [0, 0.1) is 0 Å². The number of carboxylic acid groups (broad SMARTS) is 1. The maximum absolute atomic E-state index is 12.4. The quantitative estimate of drug-likeness (QED) is 0.697. The zero-order valence-corrected chi connectivity index (χ0v) is 16.0. The zero-order valence-electron chi connectivity index (χ0n) is 16.0. The summed E-state index contributed by atoms with van der Waals surface area (Å²) in [5, 5.41) is 12.0. The molecule has 0 heterocycles. The number of nitrogens with one attached hydrogen (secondary N) is 1. The normalized spacial score (nSPS) is 18.4. The predicted molar refractivity (Wildman–Crippen MR) is 106 cm³/mol. The lowest BCUT2D eigenvalue weighted by Gasteiger charge is -2.42. The highest BCUT2D eigenvalue weighted by Gasteiger charge is 2.34. The van der Waals surface area contributed by atoms with E-state index in [4.69, 9.17) is 9.84 Å². The van der Waals surface area contributed by atoms with Crippen molar-refractivity contribution in [1.29, 1.82) is 0 Å². The molecular weight excluding hydrogens is 356 g/mol. The van der Waals surface area contributed by atoms with E-state index in [1.807, 2.05) is 42.2 Å². The Balaban J connectivity index is 1.44. The van der Waals surface area contributed by atoms with Crippen LogP contribution in [0.15, 0.2) is 54.6 Å². The van der Waals surface area contributed by atoms with Gasteiger partial charge in [0, 0.05) is 17.6 Å². The van der Waals surface area contributed by atoms with E-state index in [2.05, 4.69) is 5.32 Å². The van der Waals surface area contributed by atoms with Crippen molar-refractivity contribution in [2.45, 2.75) is 38.5 Å². The first-order valence-corrected chi connectivity index (χ1v) is 9.58. The second-order valence-corrected chi connectivity index (χ2v) is 7.05. The molecule has 0 atom stereocenters. The molecule has 1 fully saturated rings. The lowest BCUT2D eigenvalue weighted by atomic mass is 9.85. The smallest absolute Gasteiger partial charge is 0.317 e. The van der Waals surface area contributed by atoms with Gasteiger partial charge in [-0.25, -0.2) is 0 Å². The Labute approximate surface area is 165 Å². The number of hydrogen-bond donors (Lipinski definition) is 2. The Kier molecular flexibility index (Phi) is 6.66. The SMILES string of the molecule is CCN(CC(=O)O)C1CC(NC(=O)c2ccc(OCc3ccccc3)cc2)C1. The molecule has 0 bridgehead atoms. The highest BCUT2D eigenvalue weighted by molar-refractivity contribution is 5.94. The van der Waals surface area contributed by atoms with E-state index >= 15 is 0 Å². The summed E-state index contributed by atoms with van der Waals surface area (Å²) in [7, 11) is 0. The minimum atomic E-state index is -0.816. The minimum absolute atomic E-state index is 0.0479. The standard InChI is InChI=1S/C22H26N2O4/c1-2-24(14-21(25)26)19-12-18(13-19)23-22(27)17-8-10-20(11-9-17)28-15-16-6-4-3-5-7-16/h3-11,18-19H,2,12-15H2,1H3,(H,23,27)(H,25,26). The van der Waals surface area contributed by atoms with Crippen LogP contribution in [-0.2, 0) is 11.4 Å².